The zero-order valence-corrected chi connectivity index (χ0v) is 10.5. The van der Waals surface area contributed by atoms with Crippen LogP contribution in [-0.4, -0.2) is 28.6 Å². The van der Waals surface area contributed by atoms with Crippen LogP contribution in [0.4, 0.5) is 0 Å². The molecule has 0 radical (unpaired) electrons. The first-order chi connectivity index (χ1) is 8.09. The molecule has 0 heterocycles. The van der Waals surface area contributed by atoms with E-state index in [1.807, 2.05) is 36.1 Å². The third-order valence-electron chi connectivity index (χ3n) is 3.19. The first-order valence-corrected chi connectivity index (χ1v) is 6.19. The number of hydrogen-bond acceptors (Lipinski definition) is 2. The van der Waals surface area contributed by atoms with E-state index in [-0.39, 0.29) is 12.6 Å². The summed E-state index contributed by atoms with van der Waals surface area (Å²) in [4.78, 5) is 12.9. The summed E-state index contributed by atoms with van der Waals surface area (Å²) in [5.41, 5.74) is 1.00. The Hall–Kier alpha value is -1.06. The van der Waals surface area contributed by atoms with E-state index in [9.17, 15) is 4.79 Å². The summed E-state index contributed by atoms with van der Waals surface area (Å²) < 4.78 is 0. The fourth-order valence-electron chi connectivity index (χ4n) is 2.14. The Kier molecular flexibility index (Phi) is 3.69. The highest BCUT2D eigenvalue weighted by Crippen LogP contribution is 2.35. The molecule has 0 aromatic heterocycles. The van der Waals surface area contributed by atoms with Crippen molar-refractivity contribution in [3.8, 4) is 0 Å². The van der Waals surface area contributed by atoms with Gasteiger partial charge in [-0.2, -0.15) is 0 Å². The second-order valence-corrected chi connectivity index (χ2v) is 4.90. The van der Waals surface area contributed by atoms with Crippen molar-refractivity contribution in [2.45, 2.75) is 31.8 Å². The third-order valence-corrected chi connectivity index (χ3v) is 3.53. The van der Waals surface area contributed by atoms with E-state index in [1.54, 1.807) is 0 Å². The van der Waals surface area contributed by atoms with Gasteiger partial charge in [-0.3, -0.25) is 9.69 Å². The molecular formula is C13H16ClNO2. The van der Waals surface area contributed by atoms with Crippen molar-refractivity contribution >= 4 is 17.6 Å². The summed E-state index contributed by atoms with van der Waals surface area (Å²) in [6.45, 7) is 2.10. The van der Waals surface area contributed by atoms with Crippen molar-refractivity contribution in [1.82, 2.24) is 4.90 Å². The van der Waals surface area contributed by atoms with E-state index in [4.69, 9.17) is 16.7 Å². The van der Waals surface area contributed by atoms with Crippen LogP contribution in [0.2, 0.25) is 5.02 Å². The van der Waals surface area contributed by atoms with Gasteiger partial charge >= 0.3 is 5.97 Å². The van der Waals surface area contributed by atoms with Crippen molar-refractivity contribution in [3.05, 3.63) is 34.9 Å². The first-order valence-electron chi connectivity index (χ1n) is 5.81. The summed E-state index contributed by atoms with van der Waals surface area (Å²) in [6.07, 6.45) is 2.17. The smallest absolute Gasteiger partial charge is 0.317 e. The monoisotopic (exact) mass is 253 g/mol. The number of benzene rings is 1. The number of halogens is 1. The highest BCUT2D eigenvalue weighted by Gasteiger charge is 2.34. The molecule has 1 aromatic carbocycles. The van der Waals surface area contributed by atoms with Gasteiger partial charge in [0.1, 0.15) is 0 Å². The molecule has 1 N–H and O–H groups in total. The predicted molar refractivity (Wildman–Crippen MR) is 67.2 cm³/mol. The Labute approximate surface area is 106 Å². The number of carboxylic acids is 1. The maximum Gasteiger partial charge on any atom is 0.317 e. The Morgan fingerprint density at radius 1 is 1.53 bits per heavy atom. The molecule has 2 rings (SSSR count). The largest absolute Gasteiger partial charge is 0.480 e. The minimum atomic E-state index is -0.782. The number of aliphatic carboxylic acids is 1. The molecule has 1 unspecified atom stereocenters. The highest BCUT2D eigenvalue weighted by molar-refractivity contribution is 6.31. The van der Waals surface area contributed by atoms with Crippen LogP contribution in [0.25, 0.3) is 0 Å². The molecule has 17 heavy (non-hydrogen) atoms. The summed E-state index contributed by atoms with van der Waals surface area (Å²) in [6, 6.07) is 8.08. The number of nitrogens with zero attached hydrogens (tertiary/aromatic N) is 1. The molecule has 0 amide bonds. The van der Waals surface area contributed by atoms with Gasteiger partial charge < -0.3 is 5.11 Å². The van der Waals surface area contributed by atoms with Crippen molar-refractivity contribution in [1.29, 1.82) is 0 Å². The van der Waals surface area contributed by atoms with Gasteiger partial charge in [0.25, 0.3) is 0 Å². The Morgan fingerprint density at radius 3 is 2.71 bits per heavy atom. The third kappa shape index (κ3) is 2.99. The number of hydrogen-bond donors (Lipinski definition) is 1. The SMILES string of the molecule is CC(c1ccccc1Cl)N(CC(=O)O)C1CC1. The van der Waals surface area contributed by atoms with Gasteiger partial charge in [-0.15, -0.1) is 0 Å². The second kappa shape index (κ2) is 5.07. The maximum atomic E-state index is 10.9. The minimum absolute atomic E-state index is 0.0484. The fourth-order valence-corrected chi connectivity index (χ4v) is 2.43. The van der Waals surface area contributed by atoms with E-state index in [0.717, 1.165) is 18.4 Å². The minimum Gasteiger partial charge on any atom is -0.480 e. The van der Waals surface area contributed by atoms with Crippen LogP contribution in [0.1, 0.15) is 31.4 Å². The van der Waals surface area contributed by atoms with Gasteiger partial charge in [0, 0.05) is 17.1 Å². The van der Waals surface area contributed by atoms with Crippen molar-refractivity contribution < 1.29 is 9.90 Å². The van der Waals surface area contributed by atoms with E-state index in [2.05, 4.69) is 0 Å². The lowest BCUT2D eigenvalue weighted by molar-refractivity contribution is -0.139. The summed E-state index contributed by atoms with van der Waals surface area (Å²) in [5.74, 6) is -0.782. The van der Waals surface area contributed by atoms with Crippen LogP contribution in [-0.2, 0) is 4.79 Å². The van der Waals surface area contributed by atoms with Crippen LogP contribution >= 0.6 is 11.6 Å². The lowest BCUT2D eigenvalue weighted by Gasteiger charge is -2.28. The Balaban J connectivity index is 2.18. The Bertz CT molecular complexity index is 418. The normalized spacial score (nSPS) is 17.1. The van der Waals surface area contributed by atoms with Gasteiger partial charge in [-0.05, 0) is 31.4 Å². The molecule has 0 aliphatic heterocycles. The molecule has 1 aliphatic carbocycles. The zero-order chi connectivity index (χ0) is 12.4. The quantitative estimate of drug-likeness (QED) is 0.877. The summed E-state index contributed by atoms with van der Waals surface area (Å²) >= 11 is 6.15. The summed E-state index contributed by atoms with van der Waals surface area (Å²) in [5, 5.41) is 9.66. The van der Waals surface area contributed by atoms with Crippen LogP contribution in [0, 0.1) is 0 Å². The van der Waals surface area contributed by atoms with Gasteiger partial charge in [0.05, 0.1) is 6.54 Å². The summed E-state index contributed by atoms with van der Waals surface area (Å²) in [7, 11) is 0. The average Bonchev–Trinajstić information content (AvgIpc) is 3.09. The molecule has 0 spiro atoms. The molecule has 92 valence electrons. The predicted octanol–water partition coefficient (Wildman–Crippen LogP) is 2.95. The average molecular weight is 254 g/mol. The number of carbonyl (C=O) groups is 1. The number of carboxylic acid groups (broad SMARTS) is 1. The molecule has 3 nitrogen and oxygen atoms in total. The molecule has 1 aliphatic rings. The standard InChI is InChI=1S/C13H16ClNO2/c1-9(11-4-2-3-5-12(11)14)15(8-13(16)17)10-6-7-10/h2-5,9-10H,6-8H2,1H3,(H,16,17). The zero-order valence-electron chi connectivity index (χ0n) is 9.77. The second-order valence-electron chi connectivity index (χ2n) is 4.49. The van der Waals surface area contributed by atoms with Crippen molar-refractivity contribution in [2.24, 2.45) is 0 Å². The number of rotatable bonds is 5. The van der Waals surface area contributed by atoms with E-state index in [0.29, 0.717) is 11.1 Å². The van der Waals surface area contributed by atoms with Crippen LogP contribution in [0.5, 0.6) is 0 Å². The Morgan fingerprint density at radius 2 is 2.18 bits per heavy atom. The molecular weight excluding hydrogens is 238 g/mol. The topological polar surface area (TPSA) is 40.5 Å². The maximum absolute atomic E-state index is 10.9. The highest BCUT2D eigenvalue weighted by atomic mass is 35.5. The molecule has 0 saturated heterocycles. The van der Waals surface area contributed by atoms with Gasteiger partial charge in [0.2, 0.25) is 0 Å². The van der Waals surface area contributed by atoms with E-state index in [1.165, 1.54) is 0 Å². The fraction of sp³-hybridized carbons (Fsp3) is 0.462. The van der Waals surface area contributed by atoms with Crippen LogP contribution in [0.15, 0.2) is 24.3 Å². The van der Waals surface area contributed by atoms with Crippen molar-refractivity contribution in [2.75, 3.05) is 6.54 Å². The van der Waals surface area contributed by atoms with Crippen LogP contribution < -0.4 is 0 Å². The van der Waals surface area contributed by atoms with E-state index < -0.39 is 5.97 Å². The van der Waals surface area contributed by atoms with E-state index >= 15 is 0 Å². The molecule has 1 aromatic rings. The van der Waals surface area contributed by atoms with Gasteiger partial charge in [0.15, 0.2) is 0 Å². The molecule has 1 fully saturated rings. The lowest BCUT2D eigenvalue weighted by atomic mass is 10.1. The van der Waals surface area contributed by atoms with Crippen LogP contribution in [0.3, 0.4) is 0 Å². The molecule has 1 saturated carbocycles. The van der Waals surface area contributed by atoms with Gasteiger partial charge in [-0.1, -0.05) is 29.8 Å². The lowest BCUT2D eigenvalue weighted by Crippen LogP contribution is -2.34. The molecule has 1 atom stereocenters. The first kappa shape index (κ1) is 12.4. The van der Waals surface area contributed by atoms with Gasteiger partial charge in [-0.25, -0.2) is 0 Å². The van der Waals surface area contributed by atoms with Crippen molar-refractivity contribution in [3.63, 3.8) is 0 Å². The molecule has 4 heteroatoms. The molecule has 0 bridgehead atoms.